The number of aliphatic hydroxyl groups is 3. The van der Waals surface area contributed by atoms with Crippen molar-refractivity contribution in [2.45, 2.75) is 6.42 Å². The first kappa shape index (κ1) is 14.3. The lowest BCUT2D eigenvalue weighted by Crippen LogP contribution is -2.38. The maximum Gasteiger partial charge on any atom is 0.222 e. The van der Waals surface area contributed by atoms with Crippen molar-refractivity contribution in [2.24, 2.45) is 0 Å². The molecule has 0 aromatic carbocycles. The van der Waals surface area contributed by atoms with E-state index in [4.69, 9.17) is 15.3 Å². The van der Waals surface area contributed by atoms with Crippen LogP contribution in [-0.4, -0.2) is 72.1 Å². The SMILES string of the molecule is O=C(CCO)NCCN(CCO)CCO. The van der Waals surface area contributed by atoms with Gasteiger partial charge in [0.2, 0.25) is 5.91 Å². The van der Waals surface area contributed by atoms with Gasteiger partial charge in [-0.15, -0.1) is 0 Å². The molecule has 6 nitrogen and oxygen atoms in total. The van der Waals surface area contributed by atoms with Gasteiger partial charge in [-0.05, 0) is 0 Å². The third kappa shape index (κ3) is 8.31. The average Bonchev–Trinajstić information content (AvgIpc) is 2.19. The maximum atomic E-state index is 11.0. The van der Waals surface area contributed by atoms with E-state index >= 15 is 0 Å². The van der Waals surface area contributed by atoms with E-state index in [0.29, 0.717) is 26.2 Å². The highest BCUT2D eigenvalue weighted by Crippen LogP contribution is 1.85. The standard InChI is InChI=1S/C9H20N2O4/c12-6-1-9(15)10-2-3-11(4-7-13)5-8-14/h12-14H,1-8H2,(H,10,15). The molecule has 15 heavy (non-hydrogen) atoms. The molecule has 0 saturated heterocycles. The molecule has 0 fully saturated rings. The van der Waals surface area contributed by atoms with E-state index < -0.39 is 0 Å². The van der Waals surface area contributed by atoms with Gasteiger partial charge in [0, 0.05) is 32.6 Å². The monoisotopic (exact) mass is 220 g/mol. The van der Waals surface area contributed by atoms with Crippen LogP contribution in [0.4, 0.5) is 0 Å². The molecule has 0 aliphatic carbocycles. The van der Waals surface area contributed by atoms with Crippen LogP contribution in [0.2, 0.25) is 0 Å². The van der Waals surface area contributed by atoms with Crippen LogP contribution < -0.4 is 5.32 Å². The molecule has 0 bridgehead atoms. The Morgan fingerprint density at radius 3 is 2.07 bits per heavy atom. The Bertz CT molecular complexity index is 160. The van der Waals surface area contributed by atoms with Crippen molar-refractivity contribution in [3.63, 3.8) is 0 Å². The second-order valence-electron chi connectivity index (χ2n) is 3.11. The fraction of sp³-hybridized carbons (Fsp3) is 0.889. The summed E-state index contributed by atoms with van der Waals surface area (Å²) < 4.78 is 0. The summed E-state index contributed by atoms with van der Waals surface area (Å²) >= 11 is 0. The molecule has 0 atom stereocenters. The quantitative estimate of drug-likeness (QED) is 0.353. The lowest BCUT2D eigenvalue weighted by molar-refractivity contribution is -0.121. The number of carbonyl (C=O) groups excluding carboxylic acids is 1. The van der Waals surface area contributed by atoms with Crippen molar-refractivity contribution in [3.05, 3.63) is 0 Å². The lowest BCUT2D eigenvalue weighted by Gasteiger charge is -2.19. The molecular weight excluding hydrogens is 200 g/mol. The van der Waals surface area contributed by atoms with Gasteiger partial charge < -0.3 is 20.6 Å². The normalized spacial score (nSPS) is 10.7. The first-order valence-corrected chi connectivity index (χ1v) is 5.06. The number of nitrogens with zero attached hydrogens (tertiary/aromatic N) is 1. The summed E-state index contributed by atoms with van der Waals surface area (Å²) in [5, 5.41) is 28.5. The molecular formula is C9H20N2O4. The molecule has 0 radical (unpaired) electrons. The second kappa shape index (κ2) is 9.85. The molecule has 0 aliphatic heterocycles. The highest BCUT2D eigenvalue weighted by Gasteiger charge is 2.04. The Morgan fingerprint density at radius 2 is 1.60 bits per heavy atom. The number of hydrogen-bond acceptors (Lipinski definition) is 5. The Hall–Kier alpha value is -0.690. The van der Waals surface area contributed by atoms with E-state index in [2.05, 4.69) is 5.32 Å². The smallest absolute Gasteiger partial charge is 0.222 e. The Kier molecular flexibility index (Phi) is 9.40. The summed E-state index contributed by atoms with van der Waals surface area (Å²) in [4.78, 5) is 12.8. The molecule has 0 saturated carbocycles. The number of amides is 1. The molecule has 6 heteroatoms. The summed E-state index contributed by atoms with van der Waals surface area (Å²) in [5.41, 5.74) is 0. The van der Waals surface area contributed by atoms with Crippen molar-refractivity contribution in [1.82, 2.24) is 10.2 Å². The molecule has 4 N–H and O–H groups in total. The molecule has 0 aromatic heterocycles. The van der Waals surface area contributed by atoms with Gasteiger partial charge in [-0.2, -0.15) is 0 Å². The summed E-state index contributed by atoms with van der Waals surface area (Å²) in [6, 6.07) is 0. The maximum absolute atomic E-state index is 11.0. The second-order valence-corrected chi connectivity index (χ2v) is 3.11. The first-order chi connectivity index (χ1) is 7.24. The minimum atomic E-state index is -0.189. The molecule has 1 amide bonds. The van der Waals surface area contributed by atoms with Crippen LogP contribution >= 0.6 is 0 Å². The highest BCUT2D eigenvalue weighted by molar-refractivity contribution is 5.75. The number of nitrogens with one attached hydrogen (secondary N) is 1. The van der Waals surface area contributed by atoms with Crippen molar-refractivity contribution in [1.29, 1.82) is 0 Å². The zero-order chi connectivity index (χ0) is 11.5. The number of carbonyl (C=O) groups is 1. The van der Waals surface area contributed by atoms with Crippen molar-refractivity contribution in [3.8, 4) is 0 Å². The average molecular weight is 220 g/mol. The highest BCUT2D eigenvalue weighted by atomic mass is 16.3. The molecule has 90 valence electrons. The van der Waals surface area contributed by atoms with Gasteiger partial charge in [0.1, 0.15) is 0 Å². The van der Waals surface area contributed by atoms with E-state index in [9.17, 15) is 4.79 Å². The van der Waals surface area contributed by atoms with Crippen LogP contribution in [0, 0.1) is 0 Å². The minimum absolute atomic E-state index is 0.0323. The molecule has 0 spiro atoms. The van der Waals surface area contributed by atoms with E-state index in [1.54, 1.807) is 0 Å². The fourth-order valence-electron chi connectivity index (χ4n) is 1.16. The van der Waals surface area contributed by atoms with Crippen LogP contribution in [0.15, 0.2) is 0 Å². The van der Waals surface area contributed by atoms with Gasteiger partial charge >= 0.3 is 0 Å². The third-order valence-electron chi connectivity index (χ3n) is 1.92. The van der Waals surface area contributed by atoms with E-state index in [1.807, 2.05) is 4.90 Å². The van der Waals surface area contributed by atoms with Crippen molar-refractivity contribution < 1.29 is 20.1 Å². The zero-order valence-corrected chi connectivity index (χ0v) is 8.85. The molecule has 0 heterocycles. The third-order valence-corrected chi connectivity index (χ3v) is 1.92. The summed E-state index contributed by atoms with van der Waals surface area (Å²) in [6.07, 6.45) is 0.111. The topological polar surface area (TPSA) is 93.0 Å². The van der Waals surface area contributed by atoms with Gasteiger partial charge in [-0.25, -0.2) is 0 Å². The van der Waals surface area contributed by atoms with Gasteiger partial charge in [-0.1, -0.05) is 0 Å². The summed E-state index contributed by atoms with van der Waals surface area (Å²) in [6.45, 7) is 1.92. The predicted molar refractivity (Wildman–Crippen MR) is 55.3 cm³/mol. The van der Waals surface area contributed by atoms with Crippen LogP contribution in [0.25, 0.3) is 0 Å². The minimum Gasteiger partial charge on any atom is -0.396 e. The van der Waals surface area contributed by atoms with Crippen LogP contribution in [0.1, 0.15) is 6.42 Å². The van der Waals surface area contributed by atoms with Crippen LogP contribution in [0.3, 0.4) is 0 Å². The summed E-state index contributed by atoms with van der Waals surface area (Å²) in [5.74, 6) is -0.189. The van der Waals surface area contributed by atoms with E-state index in [1.165, 1.54) is 0 Å². The summed E-state index contributed by atoms with van der Waals surface area (Å²) in [7, 11) is 0. The van der Waals surface area contributed by atoms with Crippen molar-refractivity contribution in [2.75, 3.05) is 46.0 Å². The zero-order valence-electron chi connectivity index (χ0n) is 8.85. The molecule has 0 aromatic rings. The predicted octanol–water partition coefficient (Wildman–Crippen LogP) is -2.23. The van der Waals surface area contributed by atoms with E-state index in [0.717, 1.165) is 0 Å². The van der Waals surface area contributed by atoms with E-state index in [-0.39, 0.29) is 32.1 Å². The van der Waals surface area contributed by atoms with Crippen LogP contribution in [0.5, 0.6) is 0 Å². The Morgan fingerprint density at radius 1 is 1.00 bits per heavy atom. The fourth-order valence-corrected chi connectivity index (χ4v) is 1.16. The lowest BCUT2D eigenvalue weighted by atomic mass is 10.4. The molecule has 0 unspecified atom stereocenters. The van der Waals surface area contributed by atoms with Gasteiger partial charge in [0.05, 0.1) is 19.8 Å². The molecule has 0 rings (SSSR count). The Balaban J connectivity index is 3.55. The number of rotatable bonds is 9. The van der Waals surface area contributed by atoms with Crippen molar-refractivity contribution >= 4 is 5.91 Å². The first-order valence-electron chi connectivity index (χ1n) is 5.06. The number of hydrogen-bond donors (Lipinski definition) is 4. The molecule has 0 aliphatic rings. The largest absolute Gasteiger partial charge is 0.396 e. The Labute approximate surface area is 89.5 Å². The van der Waals surface area contributed by atoms with Gasteiger partial charge in [0.15, 0.2) is 0 Å². The number of aliphatic hydroxyl groups excluding tert-OH is 3. The van der Waals surface area contributed by atoms with Gasteiger partial charge in [-0.3, -0.25) is 9.69 Å². The van der Waals surface area contributed by atoms with Gasteiger partial charge in [0.25, 0.3) is 0 Å². The van der Waals surface area contributed by atoms with Crippen LogP contribution in [-0.2, 0) is 4.79 Å².